The van der Waals surface area contributed by atoms with Gasteiger partial charge in [-0.15, -0.1) is 0 Å². The summed E-state index contributed by atoms with van der Waals surface area (Å²) in [5.41, 5.74) is 0.560. The van der Waals surface area contributed by atoms with Crippen LogP contribution in [0, 0.1) is 17.7 Å². The molecule has 0 spiro atoms. The molecule has 3 heteroatoms. The molecule has 0 aliphatic carbocycles. The van der Waals surface area contributed by atoms with Crippen LogP contribution in [0.3, 0.4) is 0 Å². The number of hydrogen-bond acceptors (Lipinski definition) is 1. The van der Waals surface area contributed by atoms with Gasteiger partial charge >= 0.3 is 0 Å². The molecule has 1 rings (SSSR count). The van der Waals surface area contributed by atoms with E-state index >= 15 is 0 Å². The second-order valence-corrected chi connectivity index (χ2v) is 4.88. The second-order valence-electron chi connectivity index (χ2n) is 4.03. The van der Waals surface area contributed by atoms with Gasteiger partial charge in [-0.25, -0.2) is 4.39 Å². The van der Waals surface area contributed by atoms with Gasteiger partial charge in [-0.1, -0.05) is 20.8 Å². The Labute approximate surface area is 97.8 Å². The molecule has 0 amide bonds. The highest BCUT2D eigenvalue weighted by atomic mass is 79.9. The van der Waals surface area contributed by atoms with Crippen molar-refractivity contribution < 1.29 is 9.18 Å². The highest BCUT2D eigenvalue weighted by Gasteiger charge is 2.18. The van der Waals surface area contributed by atoms with Crippen LogP contribution in [0.5, 0.6) is 0 Å². The molecular formula is C12H14BrFO. The molecule has 1 nitrogen and oxygen atoms in total. The minimum Gasteiger partial charge on any atom is -0.294 e. The van der Waals surface area contributed by atoms with Gasteiger partial charge in [0.2, 0.25) is 0 Å². The largest absolute Gasteiger partial charge is 0.294 e. The zero-order valence-electron chi connectivity index (χ0n) is 9.05. The Bertz CT molecular complexity index is 374. The predicted molar refractivity (Wildman–Crippen MR) is 62.4 cm³/mol. The van der Waals surface area contributed by atoms with Crippen LogP contribution >= 0.6 is 15.9 Å². The molecule has 0 aliphatic rings. The van der Waals surface area contributed by atoms with E-state index in [1.165, 1.54) is 18.2 Å². The number of benzene rings is 1. The maximum Gasteiger partial charge on any atom is 0.165 e. The van der Waals surface area contributed by atoms with E-state index in [4.69, 9.17) is 0 Å². The molecular weight excluding hydrogens is 259 g/mol. The summed E-state index contributed by atoms with van der Waals surface area (Å²) >= 11 is 3.07. The summed E-state index contributed by atoms with van der Waals surface area (Å²) < 4.78 is 13.3. The van der Waals surface area contributed by atoms with Crippen LogP contribution in [-0.4, -0.2) is 5.78 Å². The van der Waals surface area contributed by atoms with Crippen molar-refractivity contribution in [3.8, 4) is 0 Å². The fourth-order valence-electron chi connectivity index (χ4n) is 1.22. The first-order valence-electron chi connectivity index (χ1n) is 4.92. The summed E-state index contributed by atoms with van der Waals surface area (Å²) in [5, 5.41) is 0. The molecule has 0 aliphatic heterocycles. The summed E-state index contributed by atoms with van der Waals surface area (Å²) in [6, 6.07) is 4.38. The standard InChI is InChI=1S/C12H14BrFO/c1-7(2)8(3)12(15)9-4-5-11(14)10(13)6-9/h4-8H,1-3H3. The molecule has 1 atom stereocenters. The Morgan fingerprint density at radius 2 is 1.93 bits per heavy atom. The van der Waals surface area contributed by atoms with E-state index in [9.17, 15) is 9.18 Å². The molecule has 1 aromatic rings. The maximum atomic E-state index is 13.0. The Morgan fingerprint density at radius 1 is 1.33 bits per heavy atom. The van der Waals surface area contributed by atoms with Gasteiger partial charge in [0, 0.05) is 11.5 Å². The number of Topliss-reactive ketones (excluding diaryl/α,β-unsaturated/α-hetero) is 1. The van der Waals surface area contributed by atoms with Gasteiger partial charge < -0.3 is 0 Å². The van der Waals surface area contributed by atoms with E-state index in [1.807, 2.05) is 20.8 Å². The van der Waals surface area contributed by atoms with Gasteiger partial charge in [0.1, 0.15) is 5.82 Å². The van der Waals surface area contributed by atoms with Gasteiger partial charge in [0.15, 0.2) is 5.78 Å². The van der Waals surface area contributed by atoms with Gasteiger partial charge in [-0.05, 0) is 40.0 Å². The van der Waals surface area contributed by atoms with Crippen molar-refractivity contribution in [3.05, 3.63) is 34.1 Å². The van der Waals surface area contributed by atoms with Crippen molar-refractivity contribution in [3.63, 3.8) is 0 Å². The lowest BCUT2D eigenvalue weighted by Crippen LogP contribution is -2.16. The smallest absolute Gasteiger partial charge is 0.165 e. The lowest BCUT2D eigenvalue weighted by atomic mass is 9.90. The highest BCUT2D eigenvalue weighted by molar-refractivity contribution is 9.10. The SMILES string of the molecule is CC(C)C(C)C(=O)c1ccc(F)c(Br)c1. The molecule has 0 saturated heterocycles. The Hall–Kier alpha value is -0.700. The van der Waals surface area contributed by atoms with Crippen molar-refractivity contribution in [2.75, 3.05) is 0 Å². The van der Waals surface area contributed by atoms with Crippen LogP contribution < -0.4 is 0 Å². The minimum absolute atomic E-state index is 0.0395. The summed E-state index contributed by atoms with van der Waals surface area (Å²) in [6.07, 6.45) is 0. The first-order chi connectivity index (χ1) is 6.93. The second kappa shape index (κ2) is 4.88. The van der Waals surface area contributed by atoms with E-state index in [-0.39, 0.29) is 17.5 Å². The van der Waals surface area contributed by atoms with E-state index < -0.39 is 0 Å². The normalized spacial score (nSPS) is 12.9. The number of carbonyl (C=O) groups is 1. The molecule has 0 fully saturated rings. The average molecular weight is 273 g/mol. The Kier molecular flexibility index (Phi) is 4.03. The number of rotatable bonds is 3. The van der Waals surface area contributed by atoms with Gasteiger partial charge in [-0.2, -0.15) is 0 Å². The minimum atomic E-state index is -0.344. The molecule has 82 valence electrons. The average Bonchev–Trinajstić information content (AvgIpc) is 2.19. The third-order valence-electron chi connectivity index (χ3n) is 2.62. The van der Waals surface area contributed by atoms with Crippen molar-refractivity contribution in [2.45, 2.75) is 20.8 Å². The summed E-state index contributed by atoms with van der Waals surface area (Å²) in [7, 11) is 0. The summed E-state index contributed by atoms with van der Waals surface area (Å²) in [4.78, 5) is 11.9. The Balaban J connectivity index is 2.97. The van der Waals surface area contributed by atoms with E-state index in [0.29, 0.717) is 16.0 Å². The van der Waals surface area contributed by atoms with Crippen molar-refractivity contribution in [1.82, 2.24) is 0 Å². The lowest BCUT2D eigenvalue weighted by molar-refractivity contribution is 0.0899. The van der Waals surface area contributed by atoms with Gasteiger partial charge in [0.25, 0.3) is 0 Å². The highest BCUT2D eigenvalue weighted by Crippen LogP contribution is 2.21. The molecule has 15 heavy (non-hydrogen) atoms. The molecule has 0 aromatic heterocycles. The van der Waals surface area contributed by atoms with Crippen LogP contribution in [0.1, 0.15) is 31.1 Å². The summed E-state index contributed by atoms with van der Waals surface area (Å²) in [6.45, 7) is 5.90. The fraction of sp³-hybridized carbons (Fsp3) is 0.417. The van der Waals surface area contributed by atoms with Crippen molar-refractivity contribution in [2.24, 2.45) is 11.8 Å². The van der Waals surface area contributed by atoms with Crippen LogP contribution in [0.4, 0.5) is 4.39 Å². The van der Waals surface area contributed by atoms with Crippen molar-refractivity contribution >= 4 is 21.7 Å². The lowest BCUT2D eigenvalue weighted by Gasteiger charge is -2.14. The van der Waals surface area contributed by atoms with E-state index in [2.05, 4.69) is 15.9 Å². The fourth-order valence-corrected chi connectivity index (χ4v) is 1.59. The maximum absolute atomic E-state index is 13.0. The van der Waals surface area contributed by atoms with Crippen molar-refractivity contribution in [1.29, 1.82) is 0 Å². The molecule has 1 unspecified atom stereocenters. The molecule has 0 bridgehead atoms. The molecule has 0 saturated carbocycles. The predicted octanol–water partition coefficient (Wildman–Crippen LogP) is 4.06. The quantitative estimate of drug-likeness (QED) is 0.759. The first-order valence-corrected chi connectivity index (χ1v) is 5.72. The molecule has 0 radical (unpaired) electrons. The number of ketones is 1. The third-order valence-corrected chi connectivity index (χ3v) is 3.23. The summed E-state index contributed by atoms with van der Waals surface area (Å²) in [5.74, 6) is -0.0295. The Morgan fingerprint density at radius 3 is 2.40 bits per heavy atom. The monoisotopic (exact) mass is 272 g/mol. The zero-order chi connectivity index (χ0) is 11.6. The number of halogens is 2. The molecule has 1 aromatic carbocycles. The number of carbonyl (C=O) groups excluding carboxylic acids is 1. The molecule has 0 heterocycles. The van der Waals surface area contributed by atoms with Gasteiger partial charge in [-0.3, -0.25) is 4.79 Å². The van der Waals surface area contributed by atoms with E-state index in [0.717, 1.165) is 0 Å². The first kappa shape index (κ1) is 12.4. The third kappa shape index (κ3) is 2.88. The van der Waals surface area contributed by atoms with Crippen LogP contribution in [0.25, 0.3) is 0 Å². The molecule has 0 N–H and O–H groups in total. The van der Waals surface area contributed by atoms with Gasteiger partial charge in [0.05, 0.1) is 4.47 Å². The number of hydrogen-bond donors (Lipinski definition) is 0. The van der Waals surface area contributed by atoms with E-state index in [1.54, 1.807) is 0 Å². The zero-order valence-corrected chi connectivity index (χ0v) is 10.6. The topological polar surface area (TPSA) is 17.1 Å². The van der Waals surface area contributed by atoms with Crippen LogP contribution in [0.2, 0.25) is 0 Å². The van der Waals surface area contributed by atoms with Crippen LogP contribution in [0.15, 0.2) is 22.7 Å². The van der Waals surface area contributed by atoms with Crippen LogP contribution in [-0.2, 0) is 0 Å².